The third-order valence-electron chi connectivity index (χ3n) is 5.41. The Morgan fingerprint density at radius 2 is 1.87 bits per heavy atom. The molecular weight excluding hydrogens is 411 g/mol. The van der Waals surface area contributed by atoms with Crippen molar-refractivity contribution in [2.75, 3.05) is 27.2 Å². The van der Waals surface area contributed by atoms with Crippen molar-refractivity contribution in [2.24, 2.45) is 0 Å². The van der Waals surface area contributed by atoms with E-state index in [2.05, 4.69) is 9.88 Å². The maximum Gasteiger partial charge on any atom is 0.131 e. The van der Waals surface area contributed by atoms with Gasteiger partial charge in [0.2, 0.25) is 0 Å². The number of thiazole rings is 1. The Morgan fingerprint density at radius 1 is 1.16 bits per heavy atom. The highest BCUT2D eigenvalue weighted by atomic mass is 32.1. The van der Waals surface area contributed by atoms with Crippen LogP contribution in [0.1, 0.15) is 37.5 Å². The van der Waals surface area contributed by atoms with Crippen molar-refractivity contribution in [3.8, 4) is 16.3 Å². The molecule has 1 heterocycles. The summed E-state index contributed by atoms with van der Waals surface area (Å²) in [6, 6.07) is 13.4. The molecule has 1 atom stereocenters. The summed E-state index contributed by atoms with van der Waals surface area (Å²) in [5.74, 6) is 0.580. The van der Waals surface area contributed by atoms with Crippen LogP contribution in [-0.4, -0.2) is 47.9 Å². The first kappa shape index (κ1) is 23.4. The summed E-state index contributed by atoms with van der Waals surface area (Å²) in [7, 11) is 3.56. The molecule has 3 aromatic rings. The molecule has 2 aromatic carbocycles. The van der Waals surface area contributed by atoms with Crippen LogP contribution in [0.25, 0.3) is 10.6 Å². The van der Waals surface area contributed by atoms with Gasteiger partial charge < -0.3 is 14.7 Å². The molecule has 3 rings (SSSR count). The first-order chi connectivity index (χ1) is 14.7. The zero-order valence-electron chi connectivity index (χ0n) is 18.9. The van der Waals surface area contributed by atoms with Crippen LogP contribution in [-0.2, 0) is 12.0 Å². The molecule has 0 spiro atoms. The topological polar surface area (TPSA) is 45.6 Å². The minimum absolute atomic E-state index is 0.257. The van der Waals surface area contributed by atoms with E-state index >= 15 is 0 Å². The SMILES string of the molecule is CCN(C)CC(O)(c1ccc(-c2nccs2)cc1)c1cc(CC(C)(C)F)ccc1OC. The normalized spacial score (nSPS) is 13.9. The molecule has 0 aliphatic rings. The Bertz CT molecular complexity index is 984. The minimum Gasteiger partial charge on any atom is -0.496 e. The Kier molecular flexibility index (Phi) is 7.14. The number of nitrogens with zero attached hydrogens (tertiary/aromatic N) is 2. The number of benzene rings is 2. The summed E-state index contributed by atoms with van der Waals surface area (Å²) in [5.41, 5.74) is 0.542. The third kappa shape index (κ3) is 5.50. The number of aromatic nitrogens is 1. The fraction of sp³-hybridized carbons (Fsp3) is 0.400. The van der Waals surface area contributed by atoms with Gasteiger partial charge in [-0.25, -0.2) is 9.37 Å². The van der Waals surface area contributed by atoms with Crippen LogP contribution in [0.15, 0.2) is 54.0 Å². The lowest BCUT2D eigenvalue weighted by Crippen LogP contribution is -2.40. The molecule has 0 saturated carbocycles. The third-order valence-corrected chi connectivity index (χ3v) is 6.24. The van der Waals surface area contributed by atoms with Crippen molar-refractivity contribution >= 4 is 11.3 Å². The van der Waals surface area contributed by atoms with Gasteiger partial charge in [0.05, 0.1) is 7.11 Å². The van der Waals surface area contributed by atoms with Crippen LogP contribution in [0.3, 0.4) is 0 Å². The maximum atomic E-state index is 14.3. The molecule has 0 bridgehead atoms. The molecule has 0 fully saturated rings. The monoisotopic (exact) mass is 442 g/mol. The summed E-state index contributed by atoms with van der Waals surface area (Å²) in [6.07, 6.45) is 2.04. The largest absolute Gasteiger partial charge is 0.496 e. The smallest absolute Gasteiger partial charge is 0.131 e. The van der Waals surface area contributed by atoms with Crippen LogP contribution < -0.4 is 4.74 Å². The molecule has 1 N–H and O–H groups in total. The van der Waals surface area contributed by atoms with Gasteiger partial charge >= 0.3 is 0 Å². The highest BCUT2D eigenvalue weighted by molar-refractivity contribution is 7.13. The number of methoxy groups -OCH3 is 1. The molecule has 0 amide bonds. The molecular formula is C25H31FN2O2S. The zero-order valence-corrected chi connectivity index (χ0v) is 19.7. The zero-order chi connectivity index (χ0) is 22.6. The molecule has 0 radical (unpaired) electrons. The lowest BCUT2D eigenvalue weighted by Gasteiger charge is -2.34. The lowest BCUT2D eigenvalue weighted by atomic mass is 9.83. The number of aliphatic hydroxyl groups is 1. The van der Waals surface area contributed by atoms with Gasteiger partial charge in [0.15, 0.2) is 0 Å². The summed E-state index contributed by atoms with van der Waals surface area (Å²) < 4.78 is 20.0. The van der Waals surface area contributed by atoms with E-state index in [1.165, 1.54) is 0 Å². The fourth-order valence-corrected chi connectivity index (χ4v) is 4.41. The van der Waals surface area contributed by atoms with Crippen molar-refractivity contribution in [1.82, 2.24) is 9.88 Å². The quantitative estimate of drug-likeness (QED) is 0.489. The molecule has 0 aliphatic carbocycles. The molecule has 4 nitrogen and oxygen atoms in total. The first-order valence-corrected chi connectivity index (χ1v) is 11.3. The number of ether oxygens (including phenoxy) is 1. The van der Waals surface area contributed by atoms with Gasteiger partial charge in [-0.05, 0) is 50.7 Å². The molecule has 166 valence electrons. The van der Waals surface area contributed by atoms with E-state index in [4.69, 9.17) is 4.74 Å². The van der Waals surface area contributed by atoms with Gasteiger partial charge in [-0.2, -0.15) is 0 Å². The molecule has 6 heteroatoms. The Labute approximate surface area is 188 Å². The van der Waals surface area contributed by atoms with Crippen molar-refractivity contribution in [1.29, 1.82) is 0 Å². The minimum atomic E-state index is -1.35. The second-order valence-corrected chi connectivity index (χ2v) is 9.43. The van der Waals surface area contributed by atoms with E-state index in [-0.39, 0.29) is 6.42 Å². The van der Waals surface area contributed by atoms with E-state index in [0.29, 0.717) is 17.9 Å². The Morgan fingerprint density at radius 3 is 2.42 bits per heavy atom. The van der Waals surface area contributed by atoms with Crippen LogP contribution >= 0.6 is 11.3 Å². The van der Waals surface area contributed by atoms with Crippen LogP contribution in [0, 0.1) is 0 Å². The second kappa shape index (κ2) is 9.47. The van der Waals surface area contributed by atoms with Gasteiger partial charge in [-0.1, -0.05) is 37.3 Å². The molecule has 31 heavy (non-hydrogen) atoms. The summed E-state index contributed by atoms with van der Waals surface area (Å²) in [4.78, 5) is 6.42. The van der Waals surface area contributed by atoms with Crippen molar-refractivity contribution < 1.29 is 14.2 Å². The average Bonchev–Trinajstić information content (AvgIpc) is 3.27. The Balaban J connectivity index is 2.10. The fourth-order valence-electron chi connectivity index (χ4n) is 3.76. The lowest BCUT2D eigenvalue weighted by molar-refractivity contribution is 0.0432. The predicted octanol–water partition coefficient (Wildman–Crippen LogP) is 5.30. The van der Waals surface area contributed by atoms with Gasteiger partial charge in [-0.15, -0.1) is 11.3 Å². The maximum absolute atomic E-state index is 14.3. The number of likely N-dealkylation sites (N-methyl/N-ethyl adjacent to an activating group) is 1. The summed E-state index contributed by atoms with van der Waals surface area (Å²) in [5, 5.41) is 15.0. The van der Waals surface area contributed by atoms with Gasteiger partial charge in [0, 0.05) is 35.7 Å². The van der Waals surface area contributed by atoms with E-state index in [0.717, 1.165) is 28.2 Å². The second-order valence-electron chi connectivity index (χ2n) is 8.54. The highest BCUT2D eigenvalue weighted by Gasteiger charge is 2.36. The highest BCUT2D eigenvalue weighted by Crippen LogP contribution is 2.38. The predicted molar refractivity (Wildman–Crippen MR) is 126 cm³/mol. The molecule has 0 aliphatic heterocycles. The average molecular weight is 443 g/mol. The standard InChI is InChI=1S/C25H31FN2O2S/c1-6-28(4)17-25(29,20-10-8-19(9-11-20)23-27-13-14-31-23)21-15-18(16-24(2,3)26)7-12-22(21)30-5/h7-15,29H,6,16-17H2,1-5H3. The number of halogens is 1. The van der Waals surface area contributed by atoms with E-state index in [1.54, 1.807) is 38.5 Å². The van der Waals surface area contributed by atoms with Crippen molar-refractivity contribution in [3.63, 3.8) is 0 Å². The van der Waals surface area contributed by atoms with Gasteiger partial charge in [0.25, 0.3) is 0 Å². The summed E-state index contributed by atoms with van der Waals surface area (Å²) in [6.45, 7) is 6.32. The van der Waals surface area contributed by atoms with E-state index < -0.39 is 11.3 Å². The summed E-state index contributed by atoms with van der Waals surface area (Å²) >= 11 is 1.58. The number of alkyl halides is 1. The molecule has 1 unspecified atom stereocenters. The molecule has 0 saturated heterocycles. The van der Waals surface area contributed by atoms with Crippen molar-refractivity contribution in [2.45, 2.75) is 38.5 Å². The first-order valence-electron chi connectivity index (χ1n) is 10.4. The number of hydrogen-bond acceptors (Lipinski definition) is 5. The number of hydrogen-bond donors (Lipinski definition) is 1. The van der Waals surface area contributed by atoms with E-state index in [1.807, 2.05) is 61.8 Å². The number of rotatable bonds is 9. The van der Waals surface area contributed by atoms with Gasteiger partial charge in [-0.3, -0.25) is 0 Å². The van der Waals surface area contributed by atoms with E-state index in [9.17, 15) is 9.50 Å². The Hall–Kier alpha value is -2.28. The van der Waals surface area contributed by atoms with Crippen LogP contribution in [0.5, 0.6) is 5.75 Å². The van der Waals surface area contributed by atoms with Crippen LogP contribution in [0.2, 0.25) is 0 Å². The molecule has 1 aromatic heterocycles. The van der Waals surface area contributed by atoms with Gasteiger partial charge in [0.1, 0.15) is 22.0 Å². The van der Waals surface area contributed by atoms with Crippen LogP contribution in [0.4, 0.5) is 4.39 Å². The van der Waals surface area contributed by atoms with Crippen molar-refractivity contribution in [3.05, 3.63) is 70.7 Å².